The number of carbonyl (C=O) groups is 1. The molecule has 0 aromatic carbocycles. The number of pyridine rings is 1. The van der Waals surface area contributed by atoms with Gasteiger partial charge in [0.1, 0.15) is 5.65 Å². The molecule has 0 bridgehead atoms. The van der Waals surface area contributed by atoms with E-state index in [0.29, 0.717) is 5.56 Å². The maximum Gasteiger partial charge on any atom is 0.252 e. The van der Waals surface area contributed by atoms with Gasteiger partial charge in [0.15, 0.2) is 0 Å². The summed E-state index contributed by atoms with van der Waals surface area (Å²) >= 11 is 0. The number of hydrogen-bond acceptors (Lipinski definition) is 3. The number of hydrogen-bond donors (Lipinski definition) is 1. The third-order valence-electron chi connectivity index (χ3n) is 4.04. The minimum Gasteiger partial charge on any atom is -0.352 e. The number of carbonyl (C=O) groups excluding carboxylic acids is 1. The van der Waals surface area contributed by atoms with E-state index in [1.807, 2.05) is 28.9 Å². The Bertz CT molecular complexity index is 601. The fourth-order valence-electron chi connectivity index (χ4n) is 2.82. The summed E-state index contributed by atoms with van der Waals surface area (Å²) in [6.07, 6.45) is 10.3. The fourth-order valence-corrected chi connectivity index (χ4v) is 2.82. The first-order valence-corrected chi connectivity index (χ1v) is 7.76. The van der Waals surface area contributed by atoms with Gasteiger partial charge in [-0.15, -0.1) is 0 Å². The Morgan fingerprint density at radius 2 is 2.10 bits per heavy atom. The Balaban J connectivity index is 1.41. The van der Waals surface area contributed by atoms with Crippen LogP contribution in [0, 0.1) is 0 Å². The van der Waals surface area contributed by atoms with Crippen LogP contribution in [0.2, 0.25) is 0 Å². The van der Waals surface area contributed by atoms with E-state index in [-0.39, 0.29) is 5.91 Å². The summed E-state index contributed by atoms with van der Waals surface area (Å²) in [6.45, 7) is 4.40. The highest BCUT2D eigenvalue weighted by atomic mass is 16.1. The van der Waals surface area contributed by atoms with Gasteiger partial charge in [0.05, 0.1) is 5.56 Å². The van der Waals surface area contributed by atoms with E-state index in [4.69, 9.17) is 0 Å². The average Bonchev–Trinajstić information content (AvgIpc) is 3.17. The lowest BCUT2D eigenvalue weighted by Crippen LogP contribution is -2.26. The van der Waals surface area contributed by atoms with Crippen molar-refractivity contribution in [2.75, 3.05) is 26.2 Å². The number of imidazole rings is 1. The standard InChI is InChI=1S/C16H22N4O/c21-16(14-5-6-15-17-8-12-20(15)13-14)18-7-1-2-9-19-10-3-4-11-19/h5-6,8,12-13H,1-4,7,9-11H2,(H,18,21). The minimum absolute atomic E-state index is 0.00762. The van der Waals surface area contributed by atoms with Crippen molar-refractivity contribution >= 4 is 11.6 Å². The topological polar surface area (TPSA) is 49.6 Å². The van der Waals surface area contributed by atoms with Gasteiger partial charge in [0.25, 0.3) is 5.91 Å². The normalized spacial score (nSPS) is 15.6. The summed E-state index contributed by atoms with van der Waals surface area (Å²) in [5.74, 6) is -0.00762. The van der Waals surface area contributed by atoms with E-state index < -0.39 is 0 Å². The predicted octanol–water partition coefficient (Wildman–Crippen LogP) is 1.94. The molecule has 3 rings (SSSR count). The summed E-state index contributed by atoms with van der Waals surface area (Å²) in [5.41, 5.74) is 1.54. The monoisotopic (exact) mass is 286 g/mol. The van der Waals surface area contributed by atoms with E-state index in [1.165, 1.54) is 25.9 Å². The van der Waals surface area contributed by atoms with Crippen molar-refractivity contribution in [3.8, 4) is 0 Å². The van der Waals surface area contributed by atoms with Crippen LogP contribution in [0.15, 0.2) is 30.7 Å². The molecular weight excluding hydrogens is 264 g/mol. The molecule has 5 nitrogen and oxygen atoms in total. The molecule has 1 aliphatic rings. The van der Waals surface area contributed by atoms with Crippen LogP contribution in [0.25, 0.3) is 5.65 Å². The molecule has 0 spiro atoms. The van der Waals surface area contributed by atoms with Gasteiger partial charge >= 0.3 is 0 Å². The number of unbranched alkanes of at least 4 members (excludes halogenated alkanes) is 1. The number of aromatic nitrogens is 2. The van der Waals surface area contributed by atoms with Crippen LogP contribution in [-0.2, 0) is 0 Å². The van der Waals surface area contributed by atoms with Crippen LogP contribution in [0.1, 0.15) is 36.0 Å². The average molecular weight is 286 g/mol. The molecule has 2 aromatic rings. The van der Waals surface area contributed by atoms with Crippen molar-refractivity contribution in [3.05, 3.63) is 36.3 Å². The molecule has 0 unspecified atom stereocenters. The number of rotatable bonds is 6. The van der Waals surface area contributed by atoms with Gasteiger partial charge in [-0.1, -0.05) is 0 Å². The smallest absolute Gasteiger partial charge is 0.252 e. The molecule has 2 aromatic heterocycles. The zero-order valence-electron chi connectivity index (χ0n) is 12.3. The van der Waals surface area contributed by atoms with Gasteiger partial charge in [-0.05, 0) is 57.5 Å². The van der Waals surface area contributed by atoms with Gasteiger partial charge in [-0.2, -0.15) is 0 Å². The van der Waals surface area contributed by atoms with Crippen molar-refractivity contribution in [3.63, 3.8) is 0 Å². The Hall–Kier alpha value is -1.88. The molecule has 21 heavy (non-hydrogen) atoms. The number of nitrogens with one attached hydrogen (secondary N) is 1. The molecule has 0 atom stereocenters. The van der Waals surface area contributed by atoms with Gasteiger partial charge < -0.3 is 14.6 Å². The quantitative estimate of drug-likeness (QED) is 0.826. The summed E-state index contributed by atoms with van der Waals surface area (Å²) in [5, 5.41) is 2.99. The molecule has 112 valence electrons. The molecule has 1 aliphatic heterocycles. The van der Waals surface area contributed by atoms with Crippen molar-refractivity contribution in [2.24, 2.45) is 0 Å². The second-order valence-electron chi connectivity index (χ2n) is 5.62. The Morgan fingerprint density at radius 3 is 2.95 bits per heavy atom. The fraction of sp³-hybridized carbons (Fsp3) is 0.500. The van der Waals surface area contributed by atoms with E-state index in [2.05, 4.69) is 15.2 Å². The second-order valence-corrected chi connectivity index (χ2v) is 5.62. The van der Waals surface area contributed by atoms with Crippen molar-refractivity contribution in [1.82, 2.24) is 19.6 Å². The zero-order chi connectivity index (χ0) is 14.5. The predicted molar refractivity (Wildman–Crippen MR) is 82.4 cm³/mol. The van der Waals surface area contributed by atoms with E-state index in [1.54, 1.807) is 6.20 Å². The molecule has 0 radical (unpaired) electrons. The lowest BCUT2D eigenvalue weighted by atomic mass is 10.2. The lowest BCUT2D eigenvalue weighted by Gasteiger charge is -2.14. The summed E-state index contributed by atoms with van der Waals surface area (Å²) in [4.78, 5) is 18.8. The van der Waals surface area contributed by atoms with Gasteiger partial charge in [-0.25, -0.2) is 4.98 Å². The van der Waals surface area contributed by atoms with E-state index >= 15 is 0 Å². The van der Waals surface area contributed by atoms with Crippen LogP contribution in [0.4, 0.5) is 0 Å². The number of likely N-dealkylation sites (tertiary alicyclic amines) is 1. The van der Waals surface area contributed by atoms with Gasteiger partial charge in [0.2, 0.25) is 0 Å². The largest absolute Gasteiger partial charge is 0.352 e. The summed E-state index contributed by atoms with van der Waals surface area (Å²) in [7, 11) is 0. The van der Waals surface area contributed by atoms with Crippen LogP contribution >= 0.6 is 0 Å². The van der Waals surface area contributed by atoms with Gasteiger partial charge in [0, 0.05) is 25.1 Å². The number of nitrogens with zero attached hydrogens (tertiary/aromatic N) is 3. The maximum atomic E-state index is 12.1. The first kappa shape index (κ1) is 14.1. The Morgan fingerprint density at radius 1 is 1.24 bits per heavy atom. The maximum absolute atomic E-state index is 12.1. The van der Waals surface area contributed by atoms with E-state index in [9.17, 15) is 4.79 Å². The third-order valence-corrected chi connectivity index (χ3v) is 4.04. The molecule has 1 fully saturated rings. The van der Waals surface area contributed by atoms with Crippen molar-refractivity contribution < 1.29 is 4.79 Å². The van der Waals surface area contributed by atoms with Gasteiger partial charge in [-0.3, -0.25) is 4.79 Å². The number of amides is 1. The summed E-state index contributed by atoms with van der Waals surface area (Å²) < 4.78 is 1.86. The highest BCUT2D eigenvalue weighted by Gasteiger charge is 2.10. The molecule has 5 heteroatoms. The molecule has 1 N–H and O–H groups in total. The lowest BCUT2D eigenvalue weighted by molar-refractivity contribution is 0.0952. The molecule has 1 amide bonds. The third kappa shape index (κ3) is 3.61. The second kappa shape index (κ2) is 6.72. The summed E-state index contributed by atoms with van der Waals surface area (Å²) in [6, 6.07) is 3.68. The van der Waals surface area contributed by atoms with Crippen LogP contribution < -0.4 is 5.32 Å². The molecule has 1 saturated heterocycles. The highest BCUT2D eigenvalue weighted by molar-refractivity contribution is 5.94. The zero-order valence-corrected chi connectivity index (χ0v) is 12.3. The number of fused-ring (bicyclic) bond motifs is 1. The van der Waals surface area contributed by atoms with E-state index in [0.717, 1.165) is 31.6 Å². The van der Waals surface area contributed by atoms with Crippen LogP contribution in [0.5, 0.6) is 0 Å². The van der Waals surface area contributed by atoms with Crippen molar-refractivity contribution in [1.29, 1.82) is 0 Å². The first-order valence-electron chi connectivity index (χ1n) is 7.76. The molecule has 3 heterocycles. The Kier molecular flexibility index (Phi) is 4.50. The van der Waals surface area contributed by atoms with Crippen molar-refractivity contribution in [2.45, 2.75) is 25.7 Å². The molecule has 0 saturated carbocycles. The molecule has 0 aliphatic carbocycles. The van der Waals surface area contributed by atoms with Crippen LogP contribution in [0.3, 0.4) is 0 Å². The first-order chi connectivity index (χ1) is 10.3. The SMILES string of the molecule is O=C(NCCCCN1CCCC1)c1ccc2nccn2c1. The molecular formula is C16H22N4O. The van der Waals surface area contributed by atoms with Crippen LogP contribution in [-0.4, -0.2) is 46.4 Å². The highest BCUT2D eigenvalue weighted by Crippen LogP contribution is 2.08. The Labute approximate surface area is 125 Å². The minimum atomic E-state index is -0.00762.